The Labute approximate surface area is 152 Å². The summed E-state index contributed by atoms with van der Waals surface area (Å²) in [4.78, 5) is 12.2. The number of amides is 1. The van der Waals surface area contributed by atoms with Gasteiger partial charge in [0.25, 0.3) is 5.91 Å². The number of rotatable bonds is 5. The maximum Gasteiger partial charge on any atom is 0.258 e. The molecule has 0 aliphatic heterocycles. The van der Waals surface area contributed by atoms with Gasteiger partial charge in [-0.3, -0.25) is 4.79 Å². The normalized spacial score (nSPS) is 15.6. The molecule has 3 rings (SSSR count). The summed E-state index contributed by atoms with van der Waals surface area (Å²) < 4.78 is 41.9. The fraction of sp³-hybridized carbons (Fsp3) is 0.316. The van der Waals surface area contributed by atoms with Crippen LogP contribution in [-0.4, -0.2) is 20.4 Å². The maximum atomic E-state index is 14.1. The molecule has 2 aromatic carbocycles. The van der Waals surface area contributed by atoms with Crippen LogP contribution < -0.4 is 10.0 Å². The molecule has 7 heteroatoms. The van der Waals surface area contributed by atoms with Crippen molar-refractivity contribution in [1.82, 2.24) is 4.72 Å². The SMILES string of the molecule is O=C(Nc1ccccc1)c1cc(S(=O)(=O)NC2CCCCC2)ccc1F. The lowest BCUT2D eigenvalue weighted by Crippen LogP contribution is -2.36. The third kappa shape index (κ3) is 4.47. The summed E-state index contributed by atoms with van der Waals surface area (Å²) in [5.74, 6) is -1.46. The molecule has 1 aliphatic carbocycles. The maximum absolute atomic E-state index is 14.1. The number of sulfonamides is 1. The summed E-state index contributed by atoms with van der Waals surface area (Å²) in [6, 6.07) is 11.8. The molecule has 26 heavy (non-hydrogen) atoms. The molecule has 0 saturated heterocycles. The van der Waals surface area contributed by atoms with Gasteiger partial charge in [0.1, 0.15) is 5.82 Å². The second-order valence-corrected chi connectivity index (χ2v) is 8.13. The highest BCUT2D eigenvalue weighted by Gasteiger charge is 2.24. The van der Waals surface area contributed by atoms with Crippen LogP contribution in [0.1, 0.15) is 42.5 Å². The minimum atomic E-state index is -3.80. The van der Waals surface area contributed by atoms with Gasteiger partial charge in [0.15, 0.2) is 0 Å². The Bertz CT molecular complexity index is 879. The van der Waals surface area contributed by atoms with Gasteiger partial charge < -0.3 is 5.32 Å². The molecule has 0 radical (unpaired) electrons. The van der Waals surface area contributed by atoms with Gasteiger partial charge in [-0.25, -0.2) is 17.5 Å². The van der Waals surface area contributed by atoms with E-state index in [-0.39, 0.29) is 16.5 Å². The molecule has 1 saturated carbocycles. The van der Waals surface area contributed by atoms with Crippen LogP contribution in [0.4, 0.5) is 10.1 Å². The van der Waals surface area contributed by atoms with E-state index in [9.17, 15) is 17.6 Å². The lowest BCUT2D eigenvalue weighted by Gasteiger charge is -2.22. The molecule has 0 spiro atoms. The fourth-order valence-corrected chi connectivity index (χ4v) is 4.40. The van der Waals surface area contributed by atoms with E-state index in [1.165, 1.54) is 6.07 Å². The van der Waals surface area contributed by atoms with Gasteiger partial charge in [0.2, 0.25) is 10.0 Å². The standard InChI is InChI=1S/C19H21FN2O3S/c20-18-12-11-16(26(24,25)22-15-9-5-2-6-10-15)13-17(18)19(23)21-14-7-3-1-4-8-14/h1,3-4,7-8,11-13,15,22H,2,5-6,9-10H2,(H,21,23). The monoisotopic (exact) mass is 376 g/mol. The van der Waals surface area contributed by atoms with E-state index in [0.29, 0.717) is 5.69 Å². The second-order valence-electron chi connectivity index (χ2n) is 6.42. The van der Waals surface area contributed by atoms with Gasteiger partial charge in [-0.05, 0) is 43.2 Å². The molecule has 1 aliphatic rings. The summed E-state index contributed by atoms with van der Waals surface area (Å²) in [6.07, 6.45) is 4.67. The molecule has 138 valence electrons. The molecule has 5 nitrogen and oxygen atoms in total. The number of nitrogens with one attached hydrogen (secondary N) is 2. The minimum absolute atomic E-state index is 0.109. The first-order valence-corrected chi connectivity index (χ1v) is 10.1. The zero-order valence-electron chi connectivity index (χ0n) is 14.2. The Hall–Kier alpha value is -2.25. The van der Waals surface area contributed by atoms with Crippen molar-refractivity contribution >= 4 is 21.6 Å². The van der Waals surface area contributed by atoms with Gasteiger partial charge in [-0.2, -0.15) is 0 Å². The predicted molar refractivity (Wildman–Crippen MR) is 98.0 cm³/mol. The third-order valence-corrected chi connectivity index (χ3v) is 5.97. The molecular formula is C19H21FN2O3S. The zero-order chi connectivity index (χ0) is 18.6. The lowest BCUT2D eigenvalue weighted by atomic mass is 9.96. The molecule has 2 N–H and O–H groups in total. The van der Waals surface area contributed by atoms with E-state index in [0.717, 1.165) is 44.2 Å². The summed E-state index contributed by atoms with van der Waals surface area (Å²) in [5, 5.41) is 2.56. The Balaban J connectivity index is 1.81. The highest BCUT2D eigenvalue weighted by atomic mass is 32.2. The highest BCUT2D eigenvalue weighted by Crippen LogP contribution is 2.21. The Morgan fingerprint density at radius 2 is 1.69 bits per heavy atom. The lowest BCUT2D eigenvalue weighted by molar-refractivity contribution is 0.102. The fourth-order valence-electron chi connectivity index (χ4n) is 3.07. The summed E-state index contributed by atoms with van der Waals surface area (Å²) in [6.45, 7) is 0. The average molecular weight is 376 g/mol. The van der Waals surface area contributed by atoms with E-state index >= 15 is 0 Å². The molecular weight excluding hydrogens is 355 g/mol. The van der Waals surface area contributed by atoms with Gasteiger partial charge >= 0.3 is 0 Å². The third-order valence-electron chi connectivity index (χ3n) is 4.45. The first kappa shape index (κ1) is 18.5. The average Bonchev–Trinajstić information content (AvgIpc) is 2.63. The molecule has 2 aromatic rings. The number of benzene rings is 2. The quantitative estimate of drug-likeness (QED) is 0.836. The number of hydrogen-bond acceptors (Lipinski definition) is 3. The molecule has 0 heterocycles. The Morgan fingerprint density at radius 1 is 1.00 bits per heavy atom. The summed E-state index contributed by atoms with van der Waals surface area (Å²) >= 11 is 0. The van der Waals surface area contributed by atoms with Crippen LogP contribution in [-0.2, 0) is 10.0 Å². The van der Waals surface area contributed by atoms with Crippen molar-refractivity contribution in [3.05, 3.63) is 59.9 Å². The number of halogens is 1. The van der Waals surface area contributed by atoms with E-state index in [2.05, 4.69) is 10.0 Å². The molecule has 1 fully saturated rings. The van der Waals surface area contributed by atoms with E-state index in [1.807, 2.05) is 0 Å². The summed E-state index contributed by atoms with van der Waals surface area (Å²) in [5.41, 5.74) is 0.200. The van der Waals surface area contributed by atoms with Crippen molar-refractivity contribution < 1.29 is 17.6 Å². The van der Waals surface area contributed by atoms with E-state index in [4.69, 9.17) is 0 Å². The van der Waals surface area contributed by atoms with Crippen LogP contribution in [0.5, 0.6) is 0 Å². The summed E-state index contributed by atoms with van der Waals surface area (Å²) in [7, 11) is -3.80. The van der Waals surface area contributed by atoms with E-state index in [1.54, 1.807) is 30.3 Å². The molecule has 0 atom stereocenters. The largest absolute Gasteiger partial charge is 0.322 e. The van der Waals surface area contributed by atoms with Crippen LogP contribution in [0.3, 0.4) is 0 Å². The van der Waals surface area contributed by atoms with Crippen LogP contribution in [0.2, 0.25) is 0 Å². The van der Waals surface area contributed by atoms with Crippen molar-refractivity contribution in [1.29, 1.82) is 0 Å². The number of anilines is 1. The minimum Gasteiger partial charge on any atom is -0.322 e. The smallest absolute Gasteiger partial charge is 0.258 e. The second kappa shape index (κ2) is 7.97. The van der Waals surface area contributed by atoms with Gasteiger partial charge in [-0.15, -0.1) is 0 Å². The molecule has 1 amide bonds. The Morgan fingerprint density at radius 3 is 2.38 bits per heavy atom. The molecule has 0 bridgehead atoms. The van der Waals surface area contributed by atoms with Crippen LogP contribution in [0.25, 0.3) is 0 Å². The van der Waals surface area contributed by atoms with Crippen LogP contribution in [0.15, 0.2) is 53.4 Å². The number of hydrogen-bond donors (Lipinski definition) is 2. The van der Waals surface area contributed by atoms with Crippen LogP contribution in [0, 0.1) is 5.82 Å². The first-order chi connectivity index (χ1) is 12.5. The topological polar surface area (TPSA) is 75.3 Å². The predicted octanol–water partition coefficient (Wildman–Crippen LogP) is 3.69. The highest BCUT2D eigenvalue weighted by molar-refractivity contribution is 7.89. The van der Waals surface area contributed by atoms with Crippen molar-refractivity contribution in [3.63, 3.8) is 0 Å². The number of carbonyl (C=O) groups is 1. The Kier molecular flexibility index (Phi) is 5.68. The molecule has 0 unspecified atom stereocenters. The van der Waals surface area contributed by atoms with Crippen LogP contribution >= 0.6 is 0 Å². The number of para-hydroxylation sites is 1. The van der Waals surface area contributed by atoms with Crippen molar-refractivity contribution in [3.8, 4) is 0 Å². The van der Waals surface area contributed by atoms with Crippen molar-refractivity contribution in [2.75, 3.05) is 5.32 Å². The van der Waals surface area contributed by atoms with Gasteiger partial charge in [-0.1, -0.05) is 37.5 Å². The van der Waals surface area contributed by atoms with E-state index < -0.39 is 21.7 Å². The van der Waals surface area contributed by atoms with Gasteiger partial charge in [0, 0.05) is 11.7 Å². The van der Waals surface area contributed by atoms with Crippen molar-refractivity contribution in [2.24, 2.45) is 0 Å². The zero-order valence-corrected chi connectivity index (χ0v) is 15.1. The van der Waals surface area contributed by atoms with Crippen molar-refractivity contribution in [2.45, 2.75) is 43.0 Å². The molecule has 0 aromatic heterocycles. The van der Waals surface area contributed by atoms with Gasteiger partial charge in [0.05, 0.1) is 10.5 Å². The first-order valence-electron chi connectivity index (χ1n) is 8.64. The number of carbonyl (C=O) groups excluding carboxylic acids is 1.